The number of anilines is 2. The Labute approximate surface area is 200 Å². The second-order valence-electron chi connectivity index (χ2n) is 7.00. The van der Waals surface area contributed by atoms with Gasteiger partial charge in [0, 0.05) is 25.2 Å². The lowest BCUT2D eigenvalue weighted by Crippen LogP contribution is -2.06. The van der Waals surface area contributed by atoms with Gasteiger partial charge in [0.1, 0.15) is 18.3 Å². The average Bonchev–Trinajstić information content (AvgIpc) is 2.80. The lowest BCUT2D eigenvalue weighted by molar-refractivity contribution is -0.0980. The molecule has 8 heteroatoms. The van der Waals surface area contributed by atoms with Crippen LogP contribution in [0.15, 0.2) is 24.3 Å². The van der Waals surface area contributed by atoms with Crippen molar-refractivity contribution in [3.63, 3.8) is 0 Å². The molecule has 6 nitrogen and oxygen atoms in total. The molecule has 0 aliphatic rings. The molecule has 2 rings (SSSR count). The molecule has 0 fully saturated rings. The molecule has 176 valence electrons. The molecule has 0 saturated carbocycles. The number of carbonyl (C=O) groups is 2. The molecule has 2 N–H and O–H groups in total. The third kappa shape index (κ3) is 7.92. The summed E-state index contributed by atoms with van der Waals surface area (Å²) < 4.78 is 10.7. The molecule has 2 aromatic carbocycles. The van der Waals surface area contributed by atoms with Gasteiger partial charge in [0.05, 0.1) is 41.2 Å². The summed E-state index contributed by atoms with van der Waals surface area (Å²) in [5.74, 6) is 1.31. The van der Waals surface area contributed by atoms with E-state index in [-0.39, 0.29) is 5.78 Å². The average molecular weight is 483 g/mol. The maximum Gasteiger partial charge on any atom is 0.163 e. The highest BCUT2D eigenvalue weighted by molar-refractivity contribution is 6.34. The number of ketones is 1. The molecule has 2 aromatic rings. The maximum absolute atomic E-state index is 11.7. The fourth-order valence-electron chi connectivity index (χ4n) is 3.20. The van der Waals surface area contributed by atoms with Crippen LogP contribution in [0.5, 0.6) is 11.5 Å². The number of carbonyl (C=O) groups excluding carboxylic acids is 2. The summed E-state index contributed by atoms with van der Waals surface area (Å²) >= 11 is 12.7. The summed E-state index contributed by atoms with van der Waals surface area (Å²) in [6.07, 6.45) is 3.92. The summed E-state index contributed by atoms with van der Waals surface area (Å²) in [4.78, 5) is 19.7. The summed E-state index contributed by atoms with van der Waals surface area (Å²) in [5.41, 5.74) is 3.26. The minimum atomic E-state index is -0.0742. The zero-order valence-corrected chi connectivity index (χ0v) is 20.7. The van der Waals surface area contributed by atoms with Crippen molar-refractivity contribution >= 4 is 47.1 Å². The molecule has 0 atom stereocenters. The Bertz CT molecular complexity index is 891. The van der Waals surface area contributed by atoms with Crippen LogP contribution < -0.4 is 20.1 Å². The second kappa shape index (κ2) is 14.6. The van der Waals surface area contributed by atoms with Crippen molar-refractivity contribution in [1.29, 1.82) is 0 Å². The number of hydrogen-bond donors (Lipinski definition) is 2. The molecule has 0 aliphatic carbocycles. The number of nitrogens with one attached hydrogen (secondary N) is 2. The first-order valence-corrected chi connectivity index (χ1v) is 11.2. The molecule has 0 saturated heterocycles. The SMILES string of the molecule is C=O.CCc1cc(Cl)c(NCCCCCNc2cc(OC)c(C(C)=O)cc2Cl)cc1OC. The first kappa shape index (κ1) is 27.6. The van der Waals surface area contributed by atoms with Gasteiger partial charge in [-0.05, 0) is 50.3 Å². The third-order valence-electron chi connectivity index (χ3n) is 4.90. The van der Waals surface area contributed by atoms with Gasteiger partial charge >= 0.3 is 0 Å². The highest BCUT2D eigenvalue weighted by atomic mass is 35.5. The Morgan fingerprint density at radius 2 is 1.38 bits per heavy atom. The fourth-order valence-corrected chi connectivity index (χ4v) is 3.69. The van der Waals surface area contributed by atoms with Gasteiger partial charge in [0.2, 0.25) is 0 Å². The molecule has 0 radical (unpaired) electrons. The van der Waals surface area contributed by atoms with Crippen molar-refractivity contribution in [2.24, 2.45) is 0 Å². The molecular formula is C24H32Cl2N2O4. The molecule has 0 amide bonds. The number of Topliss-reactive ketones (excluding diaryl/α,β-unsaturated/α-hetero) is 1. The number of ether oxygens (including phenoxy) is 2. The van der Waals surface area contributed by atoms with Crippen LogP contribution in [-0.2, 0) is 11.2 Å². The van der Waals surface area contributed by atoms with Crippen LogP contribution in [-0.4, -0.2) is 39.9 Å². The van der Waals surface area contributed by atoms with E-state index in [1.165, 1.54) is 6.92 Å². The smallest absolute Gasteiger partial charge is 0.163 e. The summed E-state index contributed by atoms with van der Waals surface area (Å²) in [6.45, 7) is 7.19. The molecule has 0 aliphatic heterocycles. The lowest BCUT2D eigenvalue weighted by atomic mass is 10.1. The minimum Gasteiger partial charge on any atom is -0.496 e. The summed E-state index contributed by atoms with van der Waals surface area (Å²) in [5, 5.41) is 7.93. The highest BCUT2D eigenvalue weighted by Crippen LogP contribution is 2.32. The van der Waals surface area contributed by atoms with Crippen LogP contribution in [0.25, 0.3) is 0 Å². The quantitative estimate of drug-likeness (QED) is 0.273. The standard InChI is InChI=1S/C23H30Cl2N2O3.CH2O/c1-5-16-11-18(24)20(13-22(16)29-3)26-9-7-6-8-10-27-21-14-23(30-4)17(15(2)28)12-19(21)25;1-2/h11-14,26-27H,5-10H2,1-4H3;1H2. The number of rotatable bonds is 12. The molecule has 0 aromatic heterocycles. The van der Waals surface area contributed by atoms with Crippen molar-refractivity contribution in [3.8, 4) is 11.5 Å². The number of hydrogen-bond acceptors (Lipinski definition) is 6. The number of benzene rings is 2. The zero-order valence-electron chi connectivity index (χ0n) is 19.1. The van der Waals surface area contributed by atoms with Crippen LogP contribution in [0.2, 0.25) is 10.0 Å². The summed E-state index contributed by atoms with van der Waals surface area (Å²) in [7, 11) is 3.22. The third-order valence-corrected chi connectivity index (χ3v) is 5.53. The highest BCUT2D eigenvalue weighted by Gasteiger charge is 2.12. The Morgan fingerprint density at radius 3 is 1.84 bits per heavy atom. The Kier molecular flexibility index (Phi) is 12.6. The Morgan fingerprint density at radius 1 is 0.875 bits per heavy atom. The van der Waals surface area contributed by atoms with Gasteiger partial charge < -0.3 is 24.9 Å². The monoisotopic (exact) mass is 482 g/mol. The zero-order chi connectivity index (χ0) is 24.1. The Hall–Kier alpha value is -2.44. The van der Waals surface area contributed by atoms with Gasteiger partial charge in [-0.25, -0.2) is 0 Å². The van der Waals surface area contributed by atoms with Crippen molar-refractivity contribution < 1.29 is 19.1 Å². The molecule has 0 spiro atoms. The number of methoxy groups -OCH3 is 2. The van der Waals surface area contributed by atoms with E-state index in [1.54, 1.807) is 26.4 Å². The predicted octanol–water partition coefficient (Wildman–Crippen LogP) is 6.29. The largest absolute Gasteiger partial charge is 0.496 e. The van der Waals surface area contributed by atoms with Gasteiger partial charge in [-0.1, -0.05) is 30.1 Å². The second-order valence-corrected chi connectivity index (χ2v) is 7.81. The van der Waals surface area contributed by atoms with E-state index < -0.39 is 0 Å². The maximum atomic E-state index is 11.7. The number of aryl methyl sites for hydroxylation is 1. The topological polar surface area (TPSA) is 76.7 Å². The molecular weight excluding hydrogens is 451 g/mol. The van der Waals surface area contributed by atoms with E-state index in [9.17, 15) is 4.79 Å². The van der Waals surface area contributed by atoms with E-state index >= 15 is 0 Å². The van der Waals surface area contributed by atoms with Gasteiger partial charge in [0.25, 0.3) is 0 Å². The van der Waals surface area contributed by atoms with Crippen molar-refractivity contribution in [1.82, 2.24) is 0 Å². The number of halogens is 2. The first-order chi connectivity index (χ1) is 15.4. The minimum absolute atomic E-state index is 0.0742. The van der Waals surface area contributed by atoms with E-state index in [0.29, 0.717) is 21.4 Å². The van der Waals surface area contributed by atoms with Crippen LogP contribution in [0.1, 0.15) is 49.0 Å². The molecule has 0 bridgehead atoms. The molecule has 0 heterocycles. The van der Waals surface area contributed by atoms with Gasteiger partial charge in [-0.15, -0.1) is 0 Å². The van der Waals surface area contributed by atoms with Crippen LogP contribution >= 0.6 is 23.2 Å². The van der Waals surface area contributed by atoms with E-state index in [4.69, 9.17) is 37.5 Å². The van der Waals surface area contributed by atoms with E-state index in [0.717, 1.165) is 61.5 Å². The van der Waals surface area contributed by atoms with Gasteiger partial charge in [-0.2, -0.15) is 0 Å². The first-order valence-electron chi connectivity index (χ1n) is 10.4. The van der Waals surface area contributed by atoms with Crippen LogP contribution in [0.4, 0.5) is 11.4 Å². The van der Waals surface area contributed by atoms with Crippen molar-refractivity contribution in [2.75, 3.05) is 37.9 Å². The normalized spacial score (nSPS) is 10.1. The molecule has 0 unspecified atom stereocenters. The Balaban J connectivity index is 0.00000249. The summed E-state index contributed by atoms with van der Waals surface area (Å²) in [6, 6.07) is 7.34. The van der Waals surface area contributed by atoms with Gasteiger partial charge in [-0.3, -0.25) is 4.79 Å². The van der Waals surface area contributed by atoms with Crippen LogP contribution in [0.3, 0.4) is 0 Å². The number of unbranched alkanes of at least 4 members (excludes halogenated alkanes) is 2. The predicted molar refractivity (Wildman–Crippen MR) is 133 cm³/mol. The fraction of sp³-hybridized carbons (Fsp3) is 0.417. The molecule has 32 heavy (non-hydrogen) atoms. The van der Waals surface area contributed by atoms with Crippen molar-refractivity contribution in [3.05, 3.63) is 45.4 Å². The van der Waals surface area contributed by atoms with Gasteiger partial charge in [0.15, 0.2) is 5.78 Å². The van der Waals surface area contributed by atoms with Crippen LogP contribution in [0, 0.1) is 0 Å². The van der Waals surface area contributed by atoms with Crippen molar-refractivity contribution in [2.45, 2.75) is 39.5 Å². The lowest BCUT2D eigenvalue weighted by Gasteiger charge is -2.14. The van der Waals surface area contributed by atoms with E-state index in [1.807, 2.05) is 18.9 Å². The van der Waals surface area contributed by atoms with E-state index in [2.05, 4.69) is 17.6 Å².